The summed E-state index contributed by atoms with van der Waals surface area (Å²) in [6.07, 6.45) is 2.26. The molecule has 2 bridgehead atoms. The summed E-state index contributed by atoms with van der Waals surface area (Å²) in [6.45, 7) is 3.62. The summed E-state index contributed by atoms with van der Waals surface area (Å²) in [7, 11) is 0. The quantitative estimate of drug-likeness (QED) is 0.326. The van der Waals surface area contributed by atoms with Gasteiger partial charge in [-0.25, -0.2) is 0 Å². The van der Waals surface area contributed by atoms with Crippen molar-refractivity contribution in [3.8, 4) is 6.07 Å². The van der Waals surface area contributed by atoms with Crippen LogP contribution in [-0.4, -0.2) is 70.3 Å². The van der Waals surface area contributed by atoms with Gasteiger partial charge >= 0.3 is 0 Å². The van der Waals surface area contributed by atoms with Crippen LogP contribution in [0.25, 0.3) is 0 Å². The summed E-state index contributed by atoms with van der Waals surface area (Å²) in [5.41, 5.74) is 7.24. The van der Waals surface area contributed by atoms with E-state index in [1.54, 1.807) is 4.90 Å². The number of amides is 2. The Hall–Kier alpha value is -2.20. The van der Waals surface area contributed by atoms with Gasteiger partial charge in [0.1, 0.15) is 6.04 Å². The maximum atomic E-state index is 13.2. The normalized spacial score (nSPS) is 27.1. The average Bonchev–Trinajstić information content (AvgIpc) is 3.51. The zero-order valence-corrected chi connectivity index (χ0v) is 18.7. The number of piperazine rings is 1. The van der Waals surface area contributed by atoms with Gasteiger partial charge in [-0.15, -0.1) is 9.32 Å². The van der Waals surface area contributed by atoms with Crippen LogP contribution < -0.4 is 11.6 Å². The van der Waals surface area contributed by atoms with Crippen molar-refractivity contribution in [1.82, 2.24) is 14.7 Å². The summed E-state index contributed by atoms with van der Waals surface area (Å²) >= 11 is 1.01. The fraction of sp³-hybridized carbons (Fsp3) is 0.571. The van der Waals surface area contributed by atoms with Gasteiger partial charge in [0, 0.05) is 30.6 Å². The number of carbonyl (C=O) groups excluding carboxylic acids is 2. The third-order valence-electron chi connectivity index (χ3n) is 6.70. The summed E-state index contributed by atoms with van der Waals surface area (Å²) in [5.74, 6) is 4.73. The van der Waals surface area contributed by atoms with Crippen LogP contribution in [0.1, 0.15) is 37.8 Å². The molecule has 10 nitrogen and oxygen atoms in total. The highest BCUT2D eigenvalue weighted by atomic mass is 32.2. The molecule has 0 aromatic heterocycles. The topological polar surface area (TPSA) is 138 Å². The minimum atomic E-state index is -0.730. The number of likely N-dealkylation sites (tertiary alicyclic amines) is 3. The second-order valence-corrected chi connectivity index (χ2v) is 9.30. The molecule has 0 saturated carbocycles. The monoisotopic (exact) mass is 460 g/mol. The first-order valence-corrected chi connectivity index (χ1v) is 11.5. The number of fused-ring (bicyclic) bond motifs is 2. The number of hydrogen-bond donors (Lipinski definition) is 2. The Morgan fingerprint density at radius 1 is 1.38 bits per heavy atom. The molecular formula is C21H28N6O4S. The highest BCUT2D eigenvalue weighted by Gasteiger charge is 2.51. The highest BCUT2D eigenvalue weighted by Crippen LogP contribution is 2.38. The standard InChI is InChI=1S/C21H28N6O4S/c1-13(14-4-6-17(7-5-14)32-31-30-24)27-16-9-19(21(27)29)25(11-16)12-18(23)20(28)26-8-2-3-15(26)10-22/h4-7,13,15-16,18-19H,2-3,8-9,11-12,23-24H2,1H3/t13-,15+,16+,18+,19+/m1/s1. The van der Waals surface area contributed by atoms with Crippen LogP contribution in [0.4, 0.5) is 0 Å². The second kappa shape index (κ2) is 9.74. The SMILES string of the molecule is C[C@H](c1ccc(SOON)cc1)N1C(=O)[C@@H]2C[C@H]1CN2C[C@H](N)C(=O)N1CCC[C@H]1C#N. The predicted molar refractivity (Wildman–Crippen MR) is 116 cm³/mol. The average molecular weight is 461 g/mol. The zero-order chi connectivity index (χ0) is 22.8. The Labute approximate surface area is 191 Å². The van der Waals surface area contributed by atoms with Crippen molar-refractivity contribution < 1.29 is 18.9 Å². The first-order valence-electron chi connectivity index (χ1n) is 10.8. The first-order chi connectivity index (χ1) is 15.4. The van der Waals surface area contributed by atoms with Crippen molar-refractivity contribution in [2.24, 2.45) is 11.6 Å². The molecule has 3 aliphatic rings. The molecule has 3 fully saturated rings. The maximum Gasteiger partial charge on any atom is 0.241 e. The van der Waals surface area contributed by atoms with Crippen molar-refractivity contribution in [2.45, 2.75) is 61.3 Å². The summed E-state index contributed by atoms with van der Waals surface area (Å²) in [4.78, 5) is 36.4. The van der Waals surface area contributed by atoms with E-state index in [1.165, 1.54) is 0 Å². The molecule has 5 atom stereocenters. The van der Waals surface area contributed by atoms with Crippen LogP contribution in [0.2, 0.25) is 0 Å². The molecular weight excluding hydrogens is 432 g/mol. The van der Waals surface area contributed by atoms with Gasteiger partial charge in [-0.3, -0.25) is 14.5 Å². The van der Waals surface area contributed by atoms with Crippen LogP contribution in [0.3, 0.4) is 0 Å². The van der Waals surface area contributed by atoms with E-state index < -0.39 is 6.04 Å². The van der Waals surface area contributed by atoms with Crippen molar-refractivity contribution >= 4 is 23.9 Å². The van der Waals surface area contributed by atoms with Gasteiger partial charge in [0.15, 0.2) is 0 Å². The van der Waals surface area contributed by atoms with Crippen LogP contribution in [0, 0.1) is 11.3 Å². The molecule has 11 heteroatoms. The van der Waals surface area contributed by atoms with E-state index in [2.05, 4.69) is 15.4 Å². The number of nitrogens with zero attached hydrogens (tertiary/aromatic N) is 4. The molecule has 3 aliphatic heterocycles. The minimum absolute atomic E-state index is 0.0679. The molecule has 2 amide bonds. The predicted octanol–water partition coefficient (Wildman–Crippen LogP) is 0.704. The second-order valence-electron chi connectivity index (χ2n) is 8.52. The number of hydrogen-bond acceptors (Lipinski definition) is 9. The molecule has 32 heavy (non-hydrogen) atoms. The van der Waals surface area contributed by atoms with Crippen LogP contribution in [0.5, 0.6) is 0 Å². The molecule has 1 aromatic carbocycles. The number of nitriles is 1. The van der Waals surface area contributed by atoms with Gasteiger partial charge in [0.05, 0.1) is 36.2 Å². The Kier molecular flexibility index (Phi) is 6.99. The minimum Gasteiger partial charge on any atom is -0.330 e. The van der Waals surface area contributed by atoms with E-state index in [0.717, 1.165) is 35.3 Å². The van der Waals surface area contributed by atoms with E-state index in [-0.39, 0.29) is 36.0 Å². The largest absolute Gasteiger partial charge is 0.330 e. The number of rotatable bonds is 8. The van der Waals surface area contributed by atoms with Gasteiger partial charge in [0.2, 0.25) is 11.8 Å². The van der Waals surface area contributed by atoms with Gasteiger partial charge in [-0.05, 0) is 43.9 Å². The first kappa shape index (κ1) is 23.0. The summed E-state index contributed by atoms with van der Waals surface area (Å²) in [5, 5.41) is 9.24. The molecule has 1 aromatic rings. The molecule has 172 valence electrons. The van der Waals surface area contributed by atoms with Crippen LogP contribution in [-0.2, 0) is 18.9 Å². The van der Waals surface area contributed by atoms with Crippen LogP contribution >= 0.6 is 12.0 Å². The highest BCUT2D eigenvalue weighted by molar-refractivity contribution is 7.94. The lowest BCUT2D eigenvalue weighted by atomic mass is 10.1. The third-order valence-corrected chi connectivity index (χ3v) is 7.31. The summed E-state index contributed by atoms with van der Waals surface area (Å²) in [6, 6.07) is 8.52. The van der Waals surface area contributed by atoms with E-state index in [0.29, 0.717) is 26.1 Å². The van der Waals surface area contributed by atoms with Crippen molar-refractivity contribution in [3.63, 3.8) is 0 Å². The molecule has 4 N–H and O–H groups in total. The lowest BCUT2D eigenvalue weighted by Gasteiger charge is -2.38. The Morgan fingerprint density at radius 2 is 2.12 bits per heavy atom. The van der Waals surface area contributed by atoms with Crippen molar-refractivity contribution in [3.05, 3.63) is 29.8 Å². The van der Waals surface area contributed by atoms with E-state index in [1.807, 2.05) is 41.0 Å². The van der Waals surface area contributed by atoms with E-state index in [9.17, 15) is 14.9 Å². The molecule has 0 unspecified atom stereocenters. The molecule has 0 radical (unpaired) electrons. The Bertz CT molecular complexity index is 893. The molecule has 4 rings (SSSR count). The van der Waals surface area contributed by atoms with E-state index >= 15 is 0 Å². The number of nitrogens with two attached hydrogens (primary N) is 2. The Balaban J connectivity index is 1.35. The van der Waals surface area contributed by atoms with Gasteiger partial charge in [-0.2, -0.15) is 11.2 Å². The van der Waals surface area contributed by atoms with Gasteiger partial charge in [-0.1, -0.05) is 12.1 Å². The fourth-order valence-electron chi connectivity index (χ4n) is 5.13. The van der Waals surface area contributed by atoms with Gasteiger partial charge in [0.25, 0.3) is 0 Å². The zero-order valence-electron chi connectivity index (χ0n) is 17.9. The smallest absolute Gasteiger partial charge is 0.241 e. The molecule has 0 aliphatic carbocycles. The lowest BCUT2D eigenvalue weighted by Crippen LogP contribution is -2.56. The fourth-order valence-corrected chi connectivity index (χ4v) is 5.49. The number of carbonyl (C=O) groups is 2. The molecule has 3 heterocycles. The maximum absolute atomic E-state index is 13.2. The Morgan fingerprint density at radius 3 is 2.78 bits per heavy atom. The third kappa shape index (κ3) is 4.34. The van der Waals surface area contributed by atoms with Crippen molar-refractivity contribution in [1.29, 1.82) is 5.26 Å². The summed E-state index contributed by atoms with van der Waals surface area (Å²) < 4.78 is 4.65. The van der Waals surface area contributed by atoms with E-state index in [4.69, 9.17) is 11.6 Å². The van der Waals surface area contributed by atoms with Crippen molar-refractivity contribution in [2.75, 3.05) is 19.6 Å². The lowest BCUT2D eigenvalue weighted by molar-refractivity contribution is -0.195. The van der Waals surface area contributed by atoms with Crippen LogP contribution in [0.15, 0.2) is 29.2 Å². The number of benzene rings is 1. The molecule has 0 spiro atoms. The molecule has 3 saturated heterocycles. The van der Waals surface area contributed by atoms with Gasteiger partial charge < -0.3 is 15.5 Å².